The fourth-order valence-corrected chi connectivity index (χ4v) is 4.70. The van der Waals surface area contributed by atoms with Crippen molar-refractivity contribution in [1.82, 2.24) is 29.8 Å². The molecule has 2 heterocycles. The van der Waals surface area contributed by atoms with Crippen molar-refractivity contribution in [2.45, 2.75) is 39.3 Å². The number of hydrogen-bond acceptors (Lipinski definition) is 5. The van der Waals surface area contributed by atoms with E-state index in [2.05, 4.69) is 69.9 Å². The second-order valence-corrected chi connectivity index (χ2v) is 9.26. The van der Waals surface area contributed by atoms with Gasteiger partial charge in [0.2, 0.25) is 0 Å². The van der Waals surface area contributed by atoms with E-state index in [4.69, 9.17) is 11.6 Å². The maximum absolute atomic E-state index is 11.7. The third-order valence-electron chi connectivity index (χ3n) is 6.39. The molecule has 186 valence electrons. The van der Waals surface area contributed by atoms with Crippen molar-refractivity contribution in [3.8, 4) is 22.5 Å². The highest BCUT2D eigenvalue weighted by Crippen LogP contribution is 2.31. The summed E-state index contributed by atoms with van der Waals surface area (Å²) in [4.78, 5) is 16.1. The zero-order chi connectivity index (χ0) is 25.6. The number of halogens is 1. The average Bonchev–Trinajstić information content (AvgIpc) is 3.51. The fourth-order valence-electron chi connectivity index (χ4n) is 4.46. The number of rotatable bonds is 10. The normalized spacial score (nSPS) is 11.1. The molecule has 7 nitrogen and oxygen atoms in total. The van der Waals surface area contributed by atoms with Crippen LogP contribution < -0.4 is 0 Å². The first kappa shape index (κ1) is 24.6. The predicted octanol–water partition coefficient (Wildman–Crippen LogP) is 6.11. The Morgan fingerprint density at radius 3 is 2.30 bits per heavy atom. The quantitative estimate of drug-likeness (QED) is 0.212. The van der Waals surface area contributed by atoms with Gasteiger partial charge in [0.05, 0.1) is 6.54 Å². The molecule has 0 spiro atoms. The van der Waals surface area contributed by atoms with E-state index >= 15 is 0 Å². The van der Waals surface area contributed by atoms with Crippen LogP contribution in [0, 0.1) is 0 Å². The molecule has 2 aromatic heterocycles. The van der Waals surface area contributed by atoms with Crippen LogP contribution in [0.2, 0.25) is 5.15 Å². The Morgan fingerprint density at radius 2 is 1.57 bits per heavy atom. The lowest BCUT2D eigenvalue weighted by molar-refractivity contribution is 0.111. The number of aromatic nitrogens is 6. The van der Waals surface area contributed by atoms with Gasteiger partial charge < -0.3 is 4.57 Å². The maximum atomic E-state index is 11.7. The molecule has 0 radical (unpaired) electrons. The van der Waals surface area contributed by atoms with E-state index in [0.29, 0.717) is 24.6 Å². The summed E-state index contributed by atoms with van der Waals surface area (Å²) in [5, 5.41) is 12.8. The van der Waals surface area contributed by atoms with Crippen LogP contribution in [0.1, 0.15) is 47.2 Å². The van der Waals surface area contributed by atoms with E-state index in [1.807, 2.05) is 45.6 Å². The molecule has 37 heavy (non-hydrogen) atoms. The van der Waals surface area contributed by atoms with Crippen molar-refractivity contribution in [3.63, 3.8) is 0 Å². The Kier molecular flexibility index (Phi) is 7.51. The Morgan fingerprint density at radius 1 is 0.865 bits per heavy atom. The van der Waals surface area contributed by atoms with Crippen LogP contribution in [0.3, 0.4) is 0 Å². The van der Waals surface area contributed by atoms with Gasteiger partial charge in [0.15, 0.2) is 17.3 Å². The first-order valence-corrected chi connectivity index (χ1v) is 12.7. The number of aldehydes is 1. The Labute approximate surface area is 220 Å². The molecule has 3 aromatic carbocycles. The topological polar surface area (TPSA) is 78.5 Å². The number of unbranched alkanes of at least 4 members (excludes halogenated alkanes) is 1. The maximum Gasteiger partial charge on any atom is 0.182 e. The highest BCUT2D eigenvalue weighted by molar-refractivity contribution is 6.31. The molecule has 0 saturated carbocycles. The number of imidazole rings is 1. The lowest BCUT2D eigenvalue weighted by Crippen LogP contribution is -2.08. The highest BCUT2D eigenvalue weighted by Gasteiger charge is 2.17. The fraction of sp³-hybridized carbons (Fsp3) is 0.207. The lowest BCUT2D eigenvalue weighted by atomic mass is 9.98. The van der Waals surface area contributed by atoms with Crippen LogP contribution in [0.5, 0.6) is 0 Å². The van der Waals surface area contributed by atoms with Gasteiger partial charge >= 0.3 is 0 Å². The van der Waals surface area contributed by atoms with Crippen LogP contribution in [-0.4, -0.2) is 36.0 Å². The van der Waals surface area contributed by atoms with Crippen LogP contribution in [0.15, 0.2) is 78.9 Å². The van der Waals surface area contributed by atoms with Crippen molar-refractivity contribution >= 4 is 17.9 Å². The minimum Gasteiger partial charge on any atom is -0.320 e. The van der Waals surface area contributed by atoms with E-state index in [1.54, 1.807) is 0 Å². The molecule has 0 bridgehead atoms. The first-order valence-electron chi connectivity index (χ1n) is 12.4. The van der Waals surface area contributed by atoms with Crippen molar-refractivity contribution in [2.75, 3.05) is 0 Å². The van der Waals surface area contributed by atoms with Crippen molar-refractivity contribution in [3.05, 3.63) is 107 Å². The van der Waals surface area contributed by atoms with Gasteiger partial charge in [-0.25, -0.2) is 9.67 Å². The van der Waals surface area contributed by atoms with Gasteiger partial charge in [0.25, 0.3) is 0 Å². The summed E-state index contributed by atoms with van der Waals surface area (Å²) in [6, 6.07) is 26.6. The molecule has 0 aliphatic rings. The van der Waals surface area contributed by atoms with Crippen LogP contribution in [0.25, 0.3) is 22.5 Å². The molecular formula is C29H27ClN6O. The summed E-state index contributed by atoms with van der Waals surface area (Å²) in [5.74, 6) is 1.56. The van der Waals surface area contributed by atoms with Crippen molar-refractivity contribution < 1.29 is 4.79 Å². The molecule has 0 unspecified atom stereocenters. The highest BCUT2D eigenvalue weighted by atomic mass is 35.5. The van der Waals surface area contributed by atoms with Gasteiger partial charge in [0, 0.05) is 18.5 Å². The molecule has 0 saturated heterocycles. The van der Waals surface area contributed by atoms with Gasteiger partial charge in [0.1, 0.15) is 11.5 Å². The zero-order valence-corrected chi connectivity index (χ0v) is 21.3. The number of tetrazole rings is 1. The second kappa shape index (κ2) is 11.3. The molecular weight excluding hydrogens is 484 g/mol. The summed E-state index contributed by atoms with van der Waals surface area (Å²) in [5.41, 5.74) is 5.67. The summed E-state index contributed by atoms with van der Waals surface area (Å²) in [6.07, 6.45) is 3.61. The van der Waals surface area contributed by atoms with Crippen LogP contribution >= 0.6 is 11.6 Å². The predicted molar refractivity (Wildman–Crippen MR) is 145 cm³/mol. The summed E-state index contributed by atoms with van der Waals surface area (Å²) < 4.78 is 3.75. The number of carbonyl (C=O) groups excluding carboxylic acids is 1. The standard InChI is InChI=1S/C29H27ClN6O/c1-2-3-13-27-31-28(30)26(20-37)35(27)18-22-14-16-23(17-15-22)24-11-7-8-12-25(24)29-32-33-34-36(29)19-21-9-5-4-6-10-21/h4-12,14-17,20H,2-3,13,18-19H2,1H3. The van der Waals surface area contributed by atoms with Gasteiger partial charge in [-0.3, -0.25) is 4.79 Å². The van der Waals surface area contributed by atoms with E-state index in [0.717, 1.165) is 59.2 Å². The third kappa shape index (κ3) is 5.37. The van der Waals surface area contributed by atoms with Gasteiger partial charge in [-0.2, -0.15) is 0 Å². The molecule has 0 aliphatic heterocycles. The minimum atomic E-state index is 0.264. The molecule has 0 atom stereocenters. The minimum absolute atomic E-state index is 0.264. The number of nitrogens with zero attached hydrogens (tertiary/aromatic N) is 6. The molecule has 5 aromatic rings. The summed E-state index contributed by atoms with van der Waals surface area (Å²) in [7, 11) is 0. The summed E-state index contributed by atoms with van der Waals surface area (Å²) in [6.45, 7) is 3.25. The van der Waals surface area contributed by atoms with E-state index in [9.17, 15) is 4.79 Å². The first-order chi connectivity index (χ1) is 18.2. The van der Waals surface area contributed by atoms with E-state index in [-0.39, 0.29) is 5.15 Å². The molecule has 0 amide bonds. The zero-order valence-electron chi connectivity index (χ0n) is 20.6. The van der Waals surface area contributed by atoms with Gasteiger partial charge in [-0.15, -0.1) is 5.10 Å². The Hall–Kier alpha value is -4.10. The third-order valence-corrected chi connectivity index (χ3v) is 6.67. The van der Waals surface area contributed by atoms with Crippen molar-refractivity contribution in [2.24, 2.45) is 0 Å². The number of hydrogen-bond donors (Lipinski definition) is 0. The monoisotopic (exact) mass is 510 g/mol. The molecule has 0 aliphatic carbocycles. The van der Waals surface area contributed by atoms with Gasteiger partial charge in [-0.05, 0) is 39.1 Å². The van der Waals surface area contributed by atoms with E-state index < -0.39 is 0 Å². The smallest absolute Gasteiger partial charge is 0.182 e. The number of aryl methyl sites for hydroxylation is 1. The van der Waals surface area contributed by atoms with Crippen LogP contribution in [0.4, 0.5) is 0 Å². The molecule has 0 N–H and O–H groups in total. The largest absolute Gasteiger partial charge is 0.320 e. The Bertz CT molecular complexity index is 1490. The summed E-state index contributed by atoms with van der Waals surface area (Å²) >= 11 is 6.25. The lowest BCUT2D eigenvalue weighted by Gasteiger charge is -2.12. The molecule has 8 heteroatoms. The Balaban J connectivity index is 1.43. The number of carbonyl (C=O) groups is 1. The molecule has 5 rings (SSSR count). The van der Waals surface area contributed by atoms with Gasteiger partial charge in [-0.1, -0.05) is 104 Å². The molecule has 0 fully saturated rings. The van der Waals surface area contributed by atoms with E-state index in [1.165, 1.54) is 0 Å². The van der Waals surface area contributed by atoms with Crippen LogP contribution in [-0.2, 0) is 19.5 Å². The SMILES string of the molecule is CCCCc1nc(Cl)c(C=O)n1Cc1ccc(-c2ccccc2-c2nnnn2Cc2ccccc2)cc1. The average molecular weight is 511 g/mol. The second-order valence-electron chi connectivity index (χ2n) is 8.90. The van der Waals surface area contributed by atoms with Crippen molar-refractivity contribution in [1.29, 1.82) is 0 Å². The number of benzene rings is 3.